The Bertz CT molecular complexity index is 741. The number of benzene rings is 2. The topological polar surface area (TPSA) is 62.1 Å². The molecule has 5 heteroatoms. The van der Waals surface area contributed by atoms with Gasteiger partial charge in [0, 0.05) is 24.6 Å². The Hall–Kier alpha value is -2.66. The highest BCUT2D eigenvalue weighted by molar-refractivity contribution is 6.00. The van der Waals surface area contributed by atoms with Gasteiger partial charge in [0.1, 0.15) is 7.11 Å². The highest BCUT2D eigenvalue weighted by Crippen LogP contribution is 2.24. The molecule has 1 aliphatic rings. The standard InChI is InChI=1S/C20H22N2O3/c1-25-21-18-13-19(11-12-23)22(14-18)20(24)17-9-7-16(8-10-17)15-5-3-2-4-6-15/h2-10,19,23H,11-14H2,1H3/t19-/m0/s1. The van der Waals surface area contributed by atoms with Gasteiger partial charge in [-0.3, -0.25) is 4.79 Å². The van der Waals surface area contributed by atoms with E-state index in [1.54, 1.807) is 4.90 Å². The molecule has 0 bridgehead atoms. The Morgan fingerprint density at radius 2 is 1.84 bits per heavy atom. The number of carbonyl (C=O) groups is 1. The molecule has 1 aliphatic heterocycles. The Morgan fingerprint density at radius 3 is 2.48 bits per heavy atom. The lowest BCUT2D eigenvalue weighted by Gasteiger charge is -2.23. The average Bonchev–Trinajstić information content (AvgIpc) is 3.05. The lowest BCUT2D eigenvalue weighted by atomic mass is 10.0. The second-order valence-corrected chi connectivity index (χ2v) is 6.09. The Balaban J connectivity index is 1.78. The molecular weight excluding hydrogens is 316 g/mol. The van der Waals surface area contributed by atoms with Gasteiger partial charge in [0.15, 0.2) is 0 Å². The van der Waals surface area contributed by atoms with Gasteiger partial charge < -0.3 is 14.8 Å². The number of hydrogen-bond acceptors (Lipinski definition) is 4. The number of hydrogen-bond donors (Lipinski definition) is 1. The van der Waals surface area contributed by atoms with Crippen LogP contribution < -0.4 is 0 Å². The third kappa shape index (κ3) is 3.88. The molecule has 1 N–H and O–H groups in total. The van der Waals surface area contributed by atoms with E-state index >= 15 is 0 Å². The maximum Gasteiger partial charge on any atom is 0.254 e. The van der Waals surface area contributed by atoms with Crippen LogP contribution >= 0.6 is 0 Å². The first-order valence-corrected chi connectivity index (χ1v) is 8.39. The largest absolute Gasteiger partial charge is 0.399 e. The first-order chi connectivity index (χ1) is 12.2. The number of nitrogens with zero attached hydrogens (tertiary/aromatic N) is 2. The van der Waals surface area contributed by atoms with Crippen molar-refractivity contribution in [1.82, 2.24) is 4.90 Å². The van der Waals surface area contributed by atoms with Crippen molar-refractivity contribution in [3.63, 3.8) is 0 Å². The first kappa shape index (κ1) is 17.2. The molecule has 2 aromatic rings. The molecule has 0 spiro atoms. The summed E-state index contributed by atoms with van der Waals surface area (Å²) in [7, 11) is 1.50. The van der Waals surface area contributed by atoms with Gasteiger partial charge >= 0.3 is 0 Å². The quantitative estimate of drug-likeness (QED) is 0.853. The summed E-state index contributed by atoms with van der Waals surface area (Å²) in [5.41, 5.74) is 3.67. The van der Waals surface area contributed by atoms with Crippen LogP contribution in [0.4, 0.5) is 0 Å². The summed E-state index contributed by atoms with van der Waals surface area (Å²) in [6.07, 6.45) is 1.18. The normalized spacial score (nSPS) is 18.6. The van der Waals surface area contributed by atoms with E-state index in [0.29, 0.717) is 24.9 Å². The van der Waals surface area contributed by atoms with Gasteiger partial charge in [-0.05, 0) is 29.7 Å². The molecule has 0 saturated carbocycles. The summed E-state index contributed by atoms with van der Waals surface area (Å²) in [6, 6.07) is 17.6. The number of likely N-dealkylation sites (tertiary alicyclic amines) is 1. The predicted octanol–water partition coefficient (Wildman–Crippen LogP) is 2.95. The second-order valence-electron chi connectivity index (χ2n) is 6.09. The molecule has 0 aliphatic carbocycles. The lowest BCUT2D eigenvalue weighted by Crippen LogP contribution is -2.36. The number of aliphatic hydroxyl groups is 1. The van der Waals surface area contributed by atoms with Gasteiger partial charge in [-0.2, -0.15) is 0 Å². The third-order valence-electron chi connectivity index (χ3n) is 4.45. The molecule has 1 saturated heterocycles. The van der Waals surface area contributed by atoms with E-state index in [0.717, 1.165) is 16.8 Å². The van der Waals surface area contributed by atoms with E-state index in [1.165, 1.54) is 7.11 Å². The second kappa shape index (κ2) is 7.94. The SMILES string of the molecule is CON=C1C[C@H](CCO)N(C(=O)c2ccc(-c3ccccc3)cc2)C1. The minimum Gasteiger partial charge on any atom is -0.399 e. The van der Waals surface area contributed by atoms with Crippen molar-refractivity contribution >= 4 is 11.6 Å². The van der Waals surface area contributed by atoms with Crippen molar-refractivity contribution in [2.24, 2.45) is 5.16 Å². The monoisotopic (exact) mass is 338 g/mol. The van der Waals surface area contributed by atoms with Crippen molar-refractivity contribution in [3.05, 3.63) is 60.2 Å². The minimum atomic E-state index is -0.0423. The van der Waals surface area contributed by atoms with E-state index < -0.39 is 0 Å². The molecule has 1 atom stereocenters. The molecule has 0 radical (unpaired) electrons. The third-order valence-corrected chi connectivity index (χ3v) is 4.45. The summed E-state index contributed by atoms with van der Waals surface area (Å²) < 4.78 is 0. The van der Waals surface area contributed by atoms with Crippen LogP contribution in [0.15, 0.2) is 59.8 Å². The zero-order chi connectivity index (χ0) is 17.6. The van der Waals surface area contributed by atoms with Gasteiger partial charge in [0.05, 0.1) is 12.3 Å². The van der Waals surface area contributed by atoms with Gasteiger partial charge in [-0.25, -0.2) is 0 Å². The molecule has 2 aromatic carbocycles. The van der Waals surface area contributed by atoms with Gasteiger partial charge in [0.25, 0.3) is 5.91 Å². The lowest BCUT2D eigenvalue weighted by molar-refractivity contribution is 0.0720. The number of rotatable bonds is 5. The molecule has 5 nitrogen and oxygen atoms in total. The van der Waals surface area contributed by atoms with Crippen LogP contribution in [-0.4, -0.2) is 47.9 Å². The van der Waals surface area contributed by atoms with Crippen LogP contribution in [0.3, 0.4) is 0 Å². The molecule has 0 aromatic heterocycles. The fourth-order valence-electron chi connectivity index (χ4n) is 3.21. The maximum absolute atomic E-state index is 12.9. The maximum atomic E-state index is 12.9. The highest BCUT2D eigenvalue weighted by atomic mass is 16.6. The van der Waals surface area contributed by atoms with Crippen molar-refractivity contribution in [3.8, 4) is 11.1 Å². The summed E-state index contributed by atoms with van der Waals surface area (Å²) in [6.45, 7) is 0.486. The van der Waals surface area contributed by atoms with Crippen molar-refractivity contribution in [2.75, 3.05) is 20.3 Å². The summed E-state index contributed by atoms with van der Waals surface area (Å²) >= 11 is 0. The predicted molar refractivity (Wildman–Crippen MR) is 97.5 cm³/mol. The molecular formula is C20H22N2O3. The minimum absolute atomic E-state index is 0.0415. The Labute approximate surface area is 147 Å². The number of aliphatic hydroxyl groups excluding tert-OH is 1. The summed E-state index contributed by atoms with van der Waals surface area (Å²) in [5, 5.41) is 13.2. The molecule has 1 amide bonds. The van der Waals surface area contributed by atoms with Gasteiger partial charge in [-0.1, -0.05) is 47.6 Å². The fraction of sp³-hybridized carbons (Fsp3) is 0.300. The number of amides is 1. The molecule has 130 valence electrons. The van der Waals surface area contributed by atoms with Crippen molar-refractivity contribution in [2.45, 2.75) is 18.9 Å². The van der Waals surface area contributed by atoms with Crippen LogP contribution in [0.1, 0.15) is 23.2 Å². The van der Waals surface area contributed by atoms with Crippen LogP contribution in [0.2, 0.25) is 0 Å². The Kier molecular flexibility index (Phi) is 5.46. The molecule has 1 heterocycles. The van der Waals surface area contributed by atoms with E-state index in [4.69, 9.17) is 4.84 Å². The number of oxime groups is 1. The average molecular weight is 338 g/mol. The van der Waals surface area contributed by atoms with Crippen LogP contribution in [0.25, 0.3) is 11.1 Å². The van der Waals surface area contributed by atoms with Crippen LogP contribution in [0, 0.1) is 0 Å². The summed E-state index contributed by atoms with van der Waals surface area (Å²) in [4.78, 5) is 19.5. The molecule has 25 heavy (non-hydrogen) atoms. The van der Waals surface area contributed by atoms with Gasteiger partial charge in [-0.15, -0.1) is 0 Å². The zero-order valence-corrected chi connectivity index (χ0v) is 14.3. The molecule has 1 fully saturated rings. The highest BCUT2D eigenvalue weighted by Gasteiger charge is 2.33. The van der Waals surface area contributed by atoms with Crippen LogP contribution in [-0.2, 0) is 4.84 Å². The molecule has 0 unspecified atom stereocenters. The van der Waals surface area contributed by atoms with Gasteiger partial charge in [0.2, 0.25) is 0 Å². The smallest absolute Gasteiger partial charge is 0.254 e. The number of carbonyl (C=O) groups excluding carboxylic acids is 1. The van der Waals surface area contributed by atoms with E-state index in [2.05, 4.69) is 5.16 Å². The van der Waals surface area contributed by atoms with Crippen molar-refractivity contribution < 1.29 is 14.7 Å². The van der Waals surface area contributed by atoms with Crippen molar-refractivity contribution in [1.29, 1.82) is 0 Å². The van der Waals surface area contributed by atoms with Crippen LogP contribution in [0.5, 0.6) is 0 Å². The Morgan fingerprint density at radius 1 is 1.16 bits per heavy atom. The zero-order valence-electron chi connectivity index (χ0n) is 14.3. The van der Waals surface area contributed by atoms with E-state index in [1.807, 2.05) is 54.6 Å². The fourth-order valence-corrected chi connectivity index (χ4v) is 3.21. The summed E-state index contributed by atoms with van der Waals surface area (Å²) in [5.74, 6) is -0.0423. The molecule has 3 rings (SSSR count). The van der Waals surface area contributed by atoms with E-state index in [-0.39, 0.29) is 18.6 Å². The first-order valence-electron chi connectivity index (χ1n) is 8.39. The van der Waals surface area contributed by atoms with E-state index in [9.17, 15) is 9.90 Å².